The predicted molar refractivity (Wildman–Crippen MR) is 99.7 cm³/mol. The van der Waals surface area contributed by atoms with Crippen molar-refractivity contribution < 1.29 is 0 Å². The first-order chi connectivity index (χ1) is 12.4. The Bertz CT molecular complexity index is 642. The number of H-pyrrole nitrogens is 1. The fourth-order valence-corrected chi connectivity index (χ4v) is 4.70. The maximum absolute atomic E-state index is 4.87. The first-order valence-corrected chi connectivity index (χ1v) is 10.4. The third-order valence-electron chi connectivity index (χ3n) is 6.18. The average Bonchev–Trinajstić information content (AvgIpc) is 3.20. The molecule has 2 heterocycles. The van der Waals surface area contributed by atoms with Gasteiger partial charge in [0.1, 0.15) is 17.8 Å². The van der Waals surface area contributed by atoms with Crippen molar-refractivity contribution in [1.82, 2.24) is 19.5 Å². The summed E-state index contributed by atoms with van der Waals surface area (Å²) in [4.78, 5) is 12.8. The van der Waals surface area contributed by atoms with Crippen molar-refractivity contribution in [2.75, 3.05) is 0 Å². The van der Waals surface area contributed by atoms with E-state index >= 15 is 0 Å². The second kappa shape index (κ2) is 8.20. The lowest BCUT2D eigenvalue weighted by molar-refractivity contribution is 0.352. The van der Waals surface area contributed by atoms with E-state index in [0.717, 1.165) is 42.1 Å². The molecule has 1 N–H and O–H groups in total. The Labute approximate surface area is 151 Å². The molecular formula is C21H31N4. The third-order valence-corrected chi connectivity index (χ3v) is 6.18. The van der Waals surface area contributed by atoms with Crippen LogP contribution in [-0.2, 0) is 12.8 Å². The minimum atomic E-state index is 0.776. The fourth-order valence-electron chi connectivity index (χ4n) is 4.70. The molecule has 2 aliphatic rings. The van der Waals surface area contributed by atoms with Crippen LogP contribution in [0, 0.1) is 18.0 Å². The minimum absolute atomic E-state index is 0.776. The number of nitrogens with zero attached hydrogens (tertiary/aromatic N) is 3. The van der Waals surface area contributed by atoms with E-state index in [1.165, 1.54) is 70.6 Å². The smallest absolute Gasteiger partial charge is 0.156 e. The Morgan fingerprint density at radius 3 is 2.28 bits per heavy atom. The number of nitrogens with one attached hydrogen (secondary N) is 1. The highest BCUT2D eigenvalue weighted by molar-refractivity contribution is 5.23. The summed E-state index contributed by atoms with van der Waals surface area (Å²) in [5, 5.41) is 0. The standard InChI is InChI=1S/C21H31N4/c1-2-5-11-18(10-4-1)15-20-22-12-13-25(20)21-16-23-19(24-21)14-17-8-6-3-7-9-17/h13,16-18H,1-11,14-15H2,(H,23,24). The first-order valence-electron chi connectivity index (χ1n) is 10.4. The van der Waals surface area contributed by atoms with Crippen LogP contribution in [0.1, 0.15) is 82.3 Å². The van der Waals surface area contributed by atoms with E-state index in [0.29, 0.717) is 0 Å². The van der Waals surface area contributed by atoms with Crippen molar-refractivity contribution >= 4 is 0 Å². The van der Waals surface area contributed by atoms with Crippen molar-refractivity contribution in [3.8, 4) is 5.82 Å². The highest BCUT2D eigenvalue weighted by Gasteiger charge is 2.18. The van der Waals surface area contributed by atoms with Crippen molar-refractivity contribution in [2.24, 2.45) is 11.8 Å². The molecule has 2 aromatic rings. The highest BCUT2D eigenvalue weighted by Crippen LogP contribution is 2.27. The van der Waals surface area contributed by atoms with Crippen LogP contribution < -0.4 is 0 Å². The summed E-state index contributed by atoms with van der Waals surface area (Å²) in [6.45, 7) is 0. The van der Waals surface area contributed by atoms with Crippen LogP contribution >= 0.6 is 0 Å². The quantitative estimate of drug-likeness (QED) is 0.776. The predicted octanol–water partition coefficient (Wildman–Crippen LogP) is 5.03. The molecule has 2 aromatic heterocycles. The molecule has 0 amide bonds. The summed E-state index contributed by atoms with van der Waals surface area (Å²) in [7, 11) is 0. The number of hydrogen-bond acceptors (Lipinski definition) is 2. The van der Waals surface area contributed by atoms with E-state index in [4.69, 9.17) is 4.98 Å². The van der Waals surface area contributed by atoms with Gasteiger partial charge in [-0.25, -0.2) is 9.97 Å². The van der Waals surface area contributed by atoms with E-state index in [2.05, 4.69) is 20.7 Å². The maximum Gasteiger partial charge on any atom is 0.156 e. The zero-order valence-electron chi connectivity index (χ0n) is 15.3. The minimum Gasteiger partial charge on any atom is -0.347 e. The molecule has 4 heteroatoms. The molecule has 25 heavy (non-hydrogen) atoms. The molecule has 135 valence electrons. The lowest BCUT2D eigenvalue weighted by atomic mass is 9.87. The van der Waals surface area contributed by atoms with E-state index in [-0.39, 0.29) is 0 Å². The second-order valence-electron chi connectivity index (χ2n) is 8.13. The van der Waals surface area contributed by atoms with Crippen molar-refractivity contribution in [3.63, 3.8) is 0 Å². The zero-order valence-corrected chi connectivity index (χ0v) is 15.3. The monoisotopic (exact) mass is 339 g/mol. The van der Waals surface area contributed by atoms with Crippen LogP contribution in [0.15, 0.2) is 12.4 Å². The summed E-state index contributed by atoms with van der Waals surface area (Å²) in [5.41, 5.74) is 0. The Morgan fingerprint density at radius 1 is 0.920 bits per heavy atom. The van der Waals surface area contributed by atoms with Crippen LogP contribution in [-0.4, -0.2) is 19.5 Å². The molecule has 2 saturated carbocycles. The van der Waals surface area contributed by atoms with Gasteiger partial charge in [0.25, 0.3) is 0 Å². The molecule has 0 bridgehead atoms. The lowest BCUT2D eigenvalue weighted by Crippen LogP contribution is -2.11. The lowest BCUT2D eigenvalue weighted by Gasteiger charge is -2.20. The SMILES string of the molecule is [c]1cn(-c2c[nH]c(CC3CCCCC3)n2)c(CC2CCCCCC2)n1. The van der Waals surface area contributed by atoms with Gasteiger partial charge in [0.05, 0.1) is 0 Å². The van der Waals surface area contributed by atoms with Crippen LogP contribution in [0.2, 0.25) is 0 Å². The molecule has 4 nitrogen and oxygen atoms in total. The van der Waals surface area contributed by atoms with Gasteiger partial charge in [-0.2, -0.15) is 0 Å². The molecule has 0 spiro atoms. The Hall–Kier alpha value is -1.58. The third kappa shape index (κ3) is 4.34. The van der Waals surface area contributed by atoms with Gasteiger partial charge in [0.2, 0.25) is 0 Å². The van der Waals surface area contributed by atoms with Gasteiger partial charge in [-0.05, 0) is 11.8 Å². The number of aromatic nitrogens is 4. The number of hydrogen-bond donors (Lipinski definition) is 1. The van der Waals surface area contributed by atoms with Gasteiger partial charge in [-0.3, -0.25) is 4.57 Å². The van der Waals surface area contributed by atoms with Crippen LogP contribution in [0.4, 0.5) is 0 Å². The highest BCUT2D eigenvalue weighted by atomic mass is 15.2. The number of imidazole rings is 2. The molecule has 0 unspecified atom stereocenters. The zero-order chi connectivity index (χ0) is 16.9. The van der Waals surface area contributed by atoms with Gasteiger partial charge >= 0.3 is 0 Å². The van der Waals surface area contributed by atoms with E-state index in [9.17, 15) is 0 Å². The van der Waals surface area contributed by atoms with Gasteiger partial charge < -0.3 is 4.98 Å². The molecule has 2 aliphatic carbocycles. The Morgan fingerprint density at radius 2 is 1.56 bits per heavy atom. The summed E-state index contributed by atoms with van der Waals surface area (Å²) in [6, 6.07) is 0. The molecule has 0 aliphatic heterocycles. The second-order valence-corrected chi connectivity index (χ2v) is 8.13. The summed E-state index contributed by atoms with van der Waals surface area (Å²) >= 11 is 0. The average molecular weight is 340 g/mol. The summed E-state index contributed by atoms with van der Waals surface area (Å²) in [5.74, 6) is 4.84. The van der Waals surface area contributed by atoms with Gasteiger partial charge in [-0.15, -0.1) is 0 Å². The Balaban J connectivity index is 1.42. The Kier molecular flexibility index (Phi) is 5.53. The summed E-state index contributed by atoms with van der Waals surface area (Å²) < 4.78 is 2.14. The first kappa shape index (κ1) is 16.9. The van der Waals surface area contributed by atoms with Crippen molar-refractivity contribution in [3.05, 3.63) is 30.2 Å². The molecule has 0 atom stereocenters. The topological polar surface area (TPSA) is 46.5 Å². The molecule has 0 saturated heterocycles. The van der Waals surface area contributed by atoms with E-state index in [1.807, 2.05) is 12.4 Å². The van der Waals surface area contributed by atoms with Gasteiger partial charge in [0, 0.05) is 25.2 Å². The van der Waals surface area contributed by atoms with Crippen LogP contribution in [0.25, 0.3) is 5.82 Å². The van der Waals surface area contributed by atoms with Gasteiger partial charge in [-0.1, -0.05) is 70.6 Å². The number of aromatic amines is 1. The van der Waals surface area contributed by atoms with Crippen molar-refractivity contribution in [1.29, 1.82) is 0 Å². The number of rotatable bonds is 5. The normalized spacial score (nSPS) is 20.6. The fraction of sp³-hybridized carbons (Fsp3) is 0.714. The molecule has 2 fully saturated rings. The largest absolute Gasteiger partial charge is 0.347 e. The molecular weight excluding hydrogens is 308 g/mol. The molecule has 4 rings (SSSR count). The molecule has 0 aromatic carbocycles. The van der Waals surface area contributed by atoms with E-state index < -0.39 is 0 Å². The van der Waals surface area contributed by atoms with Crippen LogP contribution in [0.5, 0.6) is 0 Å². The molecule has 1 radical (unpaired) electrons. The summed E-state index contributed by atoms with van der Waals surface area (Å²) in [6.07, 6.45) is 24.4. The van der Waals surface area contributed by atoms with Crippen LogP contribution in [0.3, 0.4) is 0 Å². The maximum atomic E-state index is 4.87. The van der Waals surface area contributed by atoms with E-state index in [1.54, 1.807) is 0 Å². The van der Waals surface area contributed by atoms with Gasteiger partial charge in [0.15, 0.2) is 5.82 Å². The van der Waals surface area contributed by atoms with Crippen molar-refractivity contribution in [2.45, 2.75) is 83.5 Å².